The molecule has 1 unspecified atom stereocenters. The van der Waals surface area contributed by atoms with Crippen molar-refractivity contribution in [2.75, 3.05) is 10.6 Å². The molecule has 0 spiro atoms. The van der Waals surface area contributed by atoms with Gasteiger partial charge < -0.3 is 10.6 Å². The van der Waals surface area contributed by atoms with E-state index in [0.29, 0.717) is 22.2 Å². The van der Waals surface area contributed by atoms with Crippen molar-refractivity contribution in [2.24, 2.45) is 0 Å². The Hall–Kier alpha value is -3.09. The summed E-state index contributed by atoms with van der Waals surface area (Å²) in [6.07, 6.45) is 0. The molecule has 5 rings (SSSR count). The van der Waals surface area contributed by atoms with Gasteiger partial charge in [-0.15, -0.1) is 0 Å². The maximum Gasteiger partial charge on any atom is 0.255 e. The summed E-state index contributed by atoms with van der Waals surface area (Å²) in [7, 11) is 0. The number of benzene rings is 3. The van der Waals surface area contributed by atoms with Gasteiger partial charge in [-0.2, -0.15) is 0 Å². The number of halogens is 2. The van der Waals surface area contributed by atoms with Crippen molar-refractivity contribution >= 4 is 56.1 Å². The minimum Gasteiger partial charge on any atom is -0.329 e. The van der Waals surface area contributed by atoms with Gasteiger partial charge in [0.1, 0.15) is 0 Å². The number of nitrogens with zero attached hydrogens (tertiary/aromatic N) is 2. The van der Waals surface area contributed by atoms with E-state index < -0.39 is 0 Å². The van der Waals surface area contributed by atoms with E-state index in [1.165, 1.54) is 0 Å². The lowest BCUT2D eigenvalue weighted by Crippen LogP contribution is -2.30. The highest BCUT2D eigenvalue weighted by molar-refractivity contribution is 9.10. The quantitative estimate of drug-likeness (QED) is 0.348. The Balaban J connectivity index is 1.66. The first kappa shape index (κ1) is 19.8. The van der Waals surface area contributed by atoms with E-state index in [1.54, 1.807) is 24.3 Å². The molecule has 2 heterocycles. The molecule has 0 bridgehead atoms. The van der Waals surface area contributed by atoms with Crippen LogP contribution in [0.25, 0.3) is 11.0 Å². The highest BCUT2D eigenvalue weighted by Gasteiger charge is 2.34. The monoisotopic (exact) mass is 492 g/mol. The van der Waals surface area contributed by atoms with E-state index in [2.05, 4.69) is 31.1 Å². The third kappa shape index (κ3) is 3.62. The highest BCUT2D eigenvalue weighted by atomic mass is 79.9. The van der Waals surface area contributed by atoms with Crippen molar-refractivity contribution in [1.29, 1.82) is 0 Å². The first-order valence-corrected chi connectivity index (χ1v) is 11.0. The summed E-state index contributed by atoms with van der Waals surface area (Å²) >= 11 is 9.56. The maximum absolute atomic E-state index is 13.5. The third-order valence-corrected chi connectivity index (χ3v) is 6.09. The molecule has 0 fully saturated rings. The van der Waals surface area contributed by atoms with E-state index in [1.807, 2.05) is 55.5 Å². The van der Waals surface area contributed by atoms with Gasteiger partial charge >= 0.3 is 0 Å². The van der Waals surface area contributed by atoms with Crippen LogP contribution < -0.4 is 10.6 Å². The molecule has 1 aliphatic heterocycles. The average molecular weight is 494 g/mol. The molecule has 0 saturated carbocycles. The molecule has 154 valence electrons. The number of aromatic nitrogens is 2. The molecule has 5 nitrogen and oxygen atoms in total. The number of anilines is 2. The van der Waals surface area contributed by atoms with E-state index in [0.717, 1.165) is 26.8 Å². The predicted molar refractivity (Wildman–Crippen MR) is 128 cm³/mol. The van der Waals surface area contributed by atoms with Crippen molar-refractivity contribution in [3.05, 3.63) is 99.1 Å². The Morgan fingerprint density at radius 2 is 1.87 bits per heavy atom. The third-order valence-electron chi connectivity index (χ3n) is 5.34. The second-order valence-corrected chi connectivity index (χ2v) is 8.73. The average Bonchev–Trinajstić information content (AvgIpc) is 3.12. The summed E-state index contributed by atoms with van der Waals surface area (Å²) in [5.41, 5.74) is 4.89. The van der Waals surface area contributed by atoms with Crippen molar-refractivity contribution in [1.82, 2.24) is 9.55 Å². The number of allylic oxidation sites excluding steroid dienone is 1. The van der Waals surface area contributed by atoms with Crippen molar-refractivity contribution in [2.45, 2.75) is 13.0 Å². The van der Waals surface area contributed by atoms with E-state index in [-0.39, 0.29) is 11.9 Å². The predicted octanol–water partition coefficient (Wildman–Crippen LogP) is 6.38. The van der Waals surface area contributed by atoms with Crippen molar-refractivity contribution < 1.29 is 4.79 Å². The van der Waals surface area contributed by atoms with Crippen LogP contribution in [0.2, 0.25) is 5.02 Å². The van der Waals surface area contributed by atoms with Gasteiger partial charge in [0.25, 0.3) is 5.91 Å². The Morgan fingerprint density at radius 3 is 2.65 bits per heavy atom. The number of fused-ring (bicyclic) bond motifs is 3. The number of hydrogen-bond acceptors (Lipinski definition) is 3. The first-order chi connectivity index (χ1) is 15.0. The van der Waals surface area contributed by atoms with Gasteiger partial charge in [0.2, 0.25) is 5.95 Å². The van der Waals surface area contributed by atoms with Crippen molar-refractivity contribution in [3.8, 4) is 0 Å². The summed E-state index contributed by atoms with van der Waals surface area (Å²) in [4.78, 5) is 18.3. The summed E-state index contributed by atoms with van der Waals surface area (Å²) in [6, 6.07) is 22.7. The molecule has 1 amide bonds. The summed E-state index contributed by atoms with van der Waals surface area (Å²) in [5, 5.41) is 6.96. The molecule has 7 heteroatoms. The molecule has 2 N–H and O–H groups in total. The Labute approximate surface area is 192 Å². The number of imidazole rings is 1. The van der Waals surface area contributed by atoms with Gasteiger partial charge in [-0.05, 0) is 61.0 Å². The fraction of sp³-hybridized carbons (Fsp3) is 0.0833. The van der Waals surface area contributed by atoms with E-state index in [9.17, 15) is 4.79 Å². The van der Waals surface area contributed by atoms with Crippen LogP contribution >= 0.6 is 27.5 Å². The fourth-order valence-corrected chi connectivity index (χ4v) is 4.52. The van der Waals surface area contributed by atoms with Gasteiger partial charge in [0.05, 0.1) is 22.6 Å². The van der Waals surface area contributed by atoms with Crippen LogP contribution in [0.15, 0.2) is 88.5 Å². The Kier molecular flexibility index (Phi) is 5.04. The van der Waals surface area contributed by atoms with Crippen LogP contribution in [0.1, 0.15) is 18.5 Å². The van der Waals surface area contributed by atoms with E-state index >= 15 is 0 Å². The number of amides is 1. The molecule has 0 radical (unpaired) electrons. The molecular formula is C24H18BrClN4O. The summed E-state index contributed by atoms with van der Waals surface area (Å²) in [6.45, 7) is 1.91. The SMILES string of the molecule is CC1=C(C(=O)Nc2ccc(Cl)cc2)C(c2cccc(Br)c2)n2c(nc3ccccc32)N1. The molecule has 1 aromatic heterocycles. The number of hydrogen-bond donors (Lipinski definition) is 2. The lowest BCUT2D eigenvalue weighted by atomic mass is 9.94. The first-order valence-electron chi connectivity index (χ1n) is 9.78. The van der Waals surface area contributed by atoms with Gasteiger partial charge in [0.15, 0.2) is 0 Å². The van der Waals surface area contributed by atoms with Crippen LogP contribution in [0, 0.1) is 0 Å². The zero-order chi connectivity index (χ0) is 21.5. The fourth-order valence-electron chi connectivity index (χ4n) is 3.98. The highest BCUT2D eigenvalue weighted by Crippen LogP contribution is 2.40. The molecule has 0 saturated heterocycles. The van der Waals surface area contributed by atoms with Crippen LogP contribution in [0.4, 0.5) is 11.6 Å². The number of rotatable bonds is 3. The minimum absolute atomic E-state index is 0.180. The molecule has 31 heavy (non-hydrogen) atoms. The number of para-hydroxylation sites is 2. The summed E-state index contributed by atoms with van der Waals surface area (Å²) < 4.78 is 3.03. The Bertz CT molecular complexity index is 1340. The van der Waals surface area contributed by atoms with E-state index in [4.69, 9.17) is 16.6 Å². The smallest absolute Gasteiger partial charge is 0.255 e. The zero-order valence-corrected chi connectivity index (χ0v) is 18.9. The second-order valence-electron chi connectivity index (χ2n) is 7.38. The van der Waals surface area contributed by atoms with Crippen LogP contribution in [0.3, 0.4) is 0 Å². The van der Waals surface area contributed by atoms with Crippen LogP contribution in [-0.2, 0) is 4.79 Å². The second kappa shape index (κ2) is 7.87. The normalized spacial score (nSPS) is 15.5. The number of carbonyl (C=O) groups is 1. The Morgan fingerprint density at radius 1 is 1.10 bits per heavy atom. The van der Waals surface area contributed by atoms with Gasteiger partial charge in [-0.25, -0.2) is 4.98 Å². The number of carbonyl (C=O) groups excluding carboxylic acids is 1. The minimum atomic E-state index is -0.339. The van der Waals surface area contributed by atoms with Gasteiger partial charge in [-0.3, -0.25) is 9.36 Å². The van der Waals surface area contributed by atoms with Crippen molar-refractivity contribution in [3.63, 3.8) is 0 Å². The maximum atomic E-state index is 13.5. The lowest BCUT2D eigenvalue weighted by Gasteiger charge is -2.31. The lowest BCUT2D eigenvalue weighted by molar-refractivity contribution is -0.113. The number of nitrogens with one attached hydrogen (secondary N) is 2. The molecule has 4 aromatic rings. The topological polar surface area (TPSA) is 59.0 Å². The molecule has 3 aromatic carbocycles. The molecule has 1 atom stereocenters. The summed E-state index contributed by atoms with van der Waals surface area (Å²) in [5.74, 6) is 0.535. The van der Waals surface area contributed by atoms with Crippen LogP contribution in [0.5, 0.6) is 0 Å². The largest absolute Gasteiger partial charge is 0.329 e. The van der Waals surface area contributed by atoms with Gasteiger partial charge in [0, 0.05) is 20.9 Å². The standard InChI is InChI=1S/C24H18BrClN4O/c1-14-21(23(31)28-18-11-9-17(26)10-12-18)22(15-5-4-6-16(25)13-15)30-20-8-3-2-7-19(20)29-24(30)27-14/h2-13,22H,1H3,(H,27,29)(H,28,31). The van der Waals surface area contributed by atoms with Gasteiger partial charge in [-0.1, -0.05) is 51.8 Å². The molecular weight excluding hydrogens is 476 g/mol. The zero-order valence-electron chi connectivity index (χ0n) is 16.6. The molecule has 1 aliphatic rings. The van der Waals surface area contributed by atoms with Crippen LogP contribution in [-0.4, -0.2) is 15.5 Å². The molecule has 0 aliphatic carbocycles.